The second-order valence-corrected chi connectivity index (χ2v) is 7.08. The van der Waals surface area contributed by atoms with Crippen LogP contribution in [0.1, 0.15) is 39.5 Å². The summed E-state index contributed by atoms with van der Waals surface area (Å²) >= 11 is 0. The predicted octanol–water partition coefficient (Wildman–Crippen LogP) is 5.93. The van der Waals surface area contributed by atoms with Crippen LogP contribution in [0.2, 0.25) is 0 Å². The molecule has 0 saturated heterocycles. The fourth-order valence-corrected chi connectivity index (χ4v) is 2.83. The summed E-state index contributed by atoms with van der Waals surface area (Å²) in [5, 5.41) is 8.18. The third kappa shape index (κ3) is 7.28. The molecule has 0 aliphatic heterocycles. The lowest BCUT2D eigenvalue weighted by Gasteiger charge is -2.03. The molecule has 0 radical (unpaired) electrons. The predicted molar refractivity (Wildman–Crippen MR) is 125 cm³/mol. The summed E-state index contributed by atoms with van der Waals surface area (Å²) in [6.07, 6.45) is 9.64. The normalized spacial score (nSPS) is 11.2. The number of aromatic nitrogens is 2. The summed E-state index contributed by atoms with van der Waals surface area (Å²) in [6, 6.07) is 13.7. The van der Waals surface area contributed by atoms with Crippen molar-refractivity contribution in [2.75, 3.05) is 0 Å². The average Bonchev–Trinajstić information content (AvgIpc) is 3.31. The van der Waals surface area contributed by atoms with Crippen LogP contribution in [-0.4, -0.2) is 22.1 Å². The second-order valence-electron chi connectivity index (χ2n) is 7.08. The molecule has 0 unspecified atom stereocenters. The van der Waals surface area contributed by atoms with E-state index in [2.05, 4.69) is 10.2 Å². The molecule has 7 heteroatoms. The Morgan fingerprint density at radius 1 is 0.697 bits per heavy atom. The van der Waals surface area contributed by atoms with Crippen molar-refractivity contribution in [2.45, 2.75) is 39.5 Å². The van der Waals surface area contributed by atoms with Gasteiger partial charge in [0.15, 0.2) is 0 Å². The van der Waals surface area contributed by atoms with Crippen LogP contribution in [-0.2, 0) is 9.59 Å². The maximum Gasteiger partial charge on any atom is 0.315 e. The Balaban J connectivity index is 1.60. The first-order valence-corrected chi connectivity index (χ1v) is 10.8. The molecule has 2 aromatic carbocycles. The molecule has 0 aliphatic carbocycles. The molecule has 3 aromatic rings. The maximum atomic E-state index is 11.8. The number of hydrogen-bond donors (Lipinski definition) is 0. The molecule has 0 bridgehead atoms. The van der Waals surface area contributed by atoms with Gasteiger partial charge in [-0.15, -0.1) is 10.2 Å². The summed E-state index contributed by atoms with van der Waals surface area (Å²) in [4.78, 5) is 23.6. The zero-order valence-electron chi connectivity index (χ0n) is 18.7. The van der Waals surface area contributed by atoms with Crippen LogP contribution in [0.15, 0.2) is 77.3 Å². The molecular formula is C26H26N2O5. The van der Waals surface area contributed by atoms with Gasteiger partial charge in [0.05, 0.1) is 12.8 Å². The second kappa shape index (κ2) is 12.1. The molecular weight excluding hydrogens is 420 g/mol. The van der Waals surface area contributed by atoms with Gasteiger partial charge in [-0.1, -0.05) is 38.2 Å². The van der Waals surface area contributed by atoms with E-state index >= 15 is 0 Å². The molecule has 0 spiro atoms. The topological polar surface area (TPSA) is 91.5 Å². The Labute approximate surface area is 192 Å². The first-order chi connectivity index (χ1) is 16.1. The van der Waals surface area contributed by atoms with E-state index in [-0.39, 0.29) is 24.8 Å². The van der Waals surface area contributed by atoms with E-state index in [1.165, 1.54) is 0 Å². The van der Waals surface area contributed by atoms with Crippen molar-refractivity contribution in [3.05, 3.63) is 72.8 Å². The molecule has 7 nitrogen and oxygen atoms in total. The lowest BCUT2D eigenvalue weighted by Crippen LogP contribution is -2.05. The minimum Gasteiger partial charge on any atom is -0.426 e. The summed E-state index contributed by atoms with van der Waals surface area (Å²) in [7, 11) is 0. The third-order valence-corrected chi connectivity index (χ3v) is 4.46. The molecule has 1 heterocycles. The molecule has 0 saturated carbocycles. The minimum absolute atomic E-state index is 0.233. The number of ether oxygens (including phenoxy) is 2. The molecule has 3 rings (SSSR count). The maximum absolute atomic E-state index is 11.8. The summed E-state index contributed by atoms with van der Waals surface area (Å²) in [5.74, 6) is 0.935. The molecule has 0 aliphatic rings. The Bertz CT molecular complexity index is 1020. The smallest absolute Gasteiger partial charge is 0.315 e. The molecule has 0 N–H and O–H groups in total. The number of hydrogen-bond acceptors (Lipinski definition) is 7. The van der Waals surface area contributed by atoms with E-state index in [0.29, 0.717) is 34.4 Å². The largest absolute Gasteiger partial charge is 0.426 e. The number of nitrogens with zero attached hydrogens (tertiary/aromatic N) is 2. The van der Waals surface area contributed by atoms with Crippen LogP contribution in [0.5, 0.6) is 11.5 Å². The van der Waals surface area contributed by atoms with Gasteiger partial charge in [0.2, 0.25) is 11.8 Å². The molecule has 0 fully saturated rings. The number of esters is 2. The van der Waals surface area contributed by atoms with E-state index in [1.54, 1.807) is 60.7 Å². The van der Waals surface area contributed by atoms with Crippen molar-refractivity contribution in [1.82, 2.24) is 10.2 Å². The number of carbonyl (C=O) groups is 2. The van der Waals surface area contributed by atoms with Gasteiger partial charge in [0.25, 0.3) is 0 Å². The number of carbonyl (C=O) groups excluding carboxylic acids is 2. The lowest BCUT2D eigenvalue weighted by atomic mass is 10.2. The highest BCUT2D eigenvalue weighted by molar-refractivity contribution is 5.74. The highest BCUT2D eigenvalue weighted by Crippen LogP contribution is 2.27. The van der Waals surface area contributed by atoms with Gasteiger partial charge in [0, 0.05) is 11.1 Å². The first-order valence-electron chi connectivity index (χ1n) is 10.8. The quantitative estimate of drug-likeness (QED) is 0.217. The van der Waals surface area contributed by atoms with Crippen molar-refractivity contribution in [2.24, 2.45) is 0 Å². The van der Waals surface area contributed by atoms with Crippen LogP contribution in [0.3, 0.4) is 0 Å². The zero-order valence-corrected chi connectivity index (χ0v) is 18.7. The van der Waals surface area contributed by atoms with Gasteiger partial charge in [-0.3, -0.25) is 9.59 Å². The zero-order chi connectivity index (χ0) is 23.5. The number of benzene rings is 2. The van der Waals surface area contributed by atoms with Gasteiger partial charge in [-0.05, 0) is 61.4 Å². The number of rotatable bonds is 10. The SMILES string of the molecule is CCC=CCC(=O)Oc1ccc(-c2nnc(-c3ccc(OC(=O)CC=CCC)cc3)o2)cc1. The monoisotopic (exact) mass is 446 g/mol. The van der Waals surface area contributed by atoms with Crippen molar-refractivity contribution in [1.29, 1.82) is 0 Å². The van der Waals surface area contributed by atoms with Gasteiger partial charge in [0.1, 0.15) is 11.5 Å². The van der Waals surface area contributed by atoms with Crippen molar-refractivity contribution >= 4 is 11.9 Å². The highest BCUT2D eigenvalue weighted by Gasteiger charge is 2.12. The average molecular weight is 447 g/mol. The molecule has 0 atom stereocenters. The van der Waals surface area contributed by atoms with Crippen LogP contribution in [0, 0.1) is 0 Å². The van der Waals surface area contributed by atoms with E-state index in [0.717, 1.165) is 12.8 Å². The van der Waals surface area contributed by atoms with E-state index in [1.807, 2.05) is 26.0 Å². The summed E-state index contributed by atoms with van der Waals surface area (Å²) in [5.41, 5.74) is 1.40. The molecule has 33 heavy (non-hydrogen) atoms. The molecule has 170 valence electrons. The van der Waals surface area contributed by atoms with Crippen LogP contribution in [0.25, 0.3) is 22.9 Å². The van der Waals surface area contributed by atoms with E-state index in [4.69, 9.17) is 13.9 Å². The van der Waals surface area contributed by atoms with Gasteiger partial charge in [-0.2, -0.15) is 0 Å². The third-order valence-electron chi connectivity index (χ3n) is 4.46. The minimum atomic E-state index is -0.320. The van der Waals surface area contributed by atoms with Crippen LogP contribution in [0.4, 0.5) is 0 Å². The fourth-order valence-electron chi connectivity index (χ4n) is 2.83. The Morgan fingerprint density at radius 3 is 1.45 bits per heavy atom. The lowest BCUT2D eigenvalue weighted by molar-refractivity contribution is -0.134. The van der Waals surface area contributed by atoms with E-state index < -0.39 is 0 Å². The summed E-state index contributed by atoms with van der Waals surface area (Å²) in [6.45, 7) is 4.01. The van der Waals surface area contributed by atoms with Gasteiger partial charge in [-0.25, -0.2) is 0 Å². The number of allylic oxidation sites excluding steroid dienone is 2. The standard InChI is InChI=1S/C26H26N2O5/c1-3-5-7-9-23(29)31-21-15-11-19(12-16-21)25-27-28-26(33-25)20-13-17-22(18-14-20)32-24(30)10-8-6-4-2/h5-8,11-18H,3-4,9-10H2,1-2H3. The Kier molecular flexibility index (Phi) is 8.71. The van der Waals surface area contributed by atoms with Gasteiger partial charge >= 0.3 is 11.9 Å². The van der Waals surface area contributed by atoms with Gasteiger partial charge < -0.3 is 13.9 Å². The highest BCUT2D eigenvalue weighted by atomic mass is 16.5. The van der Waals surface area contributed by atoms with E-state index in [9.17, 15) is 9.59 Å². The first kappa shape index (κ1) is 23.7. The fraction of sp³-hybridized carbons (Fsp3) is 0.231. The van der Waals surface area contributed by atoms with Crippen LogP contribution >= 0.6 is 0 Å². The molecule has 1 aromatic heterocycles. The Morgan fingerprint density at radius 2 is 1.09 bits per heavy atom. The van der Waals surface area contributed by atoms with Crippen molar-refractivity contribution < 1.29 is 23.5 Å². The van der Waals surface area contributed by atoms with Crippen molar-refractivity contribution in [3.63, 3.8) is 0 Å². The summed E-state index contributed by atoms with van der Waals surface area (Å²) < 4.78 is 16.4. The van der Waals surface area contributed by atoms with Crippen molar-refractivity contribution in [3.8, 4) is 34.4 Å². The molecule has 0 amide bonds. The Hall–Kier alpha value is -4.00. The van der Waals surface area contributed by atoms with Crippen LogP contribution < -0.4 is 9.47 Å².